The van der Waals surface area contributed by atoms with E-state index in [2.05, 4.69) is 0 Å². The molecule has 122 valence electrons. The van der Waals surface area contributed by atoms with Crippen LogP contribution in [0, 0.1) is 11.3 Å². The number of benzene rings is 1. The van der Waals surface area contributed by atoms with Gasteiger partial charge in [0.25, 0.3) is 0 Å². The van der Waals surface area contributed by atoms with Crippen molar-refractivity contribution in [2.75, 3.05) is 6.61 Å². The number of nitrogens with zero attached hydrogens (tertiary/aromatic N) is 1. The smallest absolute Gasteiger partial charge is 0.349 e. The van der Waals surface area contributed by atoms with Crippen molar-refractivity contribution < 1.29 is 23.8 Å². The van der Waals surface area contributed by atoms with E-state index >= 15 is 0 Å². The molecule has 24 heavy (non-hydrogen) atoms. The van der Waals surface area contributed by atoms with Crippen LogP contribution in [0.1, 0.15) is 23.0 Å². The molecule has 0 aliphatic carbocycles. The van der Waals surface area contributed by atoms with E-state index in [9.17, 15) is 9.59 Å². The second kappa shape index (κ2) is 7.49. The van der Waals surface area contributed by atoms with Gasteiger partial charge in [-0.3, -0.25) is 0 Å². The molecule has 1 aromatic heterocycles. The van der Waals surface area contributed by atoms with E-state index in [-0.39, 0.29) is 28.5 Å². The topological polar surface area (TPSA) is 101 Å². The van der Waals surface area contributed by atoms with Crippen molar-refractivity contribution in [1.82, 2.24) is 0 Å². The maximum absolute atomic E-state index is 11.6. The monoisotopic (exact) mass is 345 g/mol. The van der Waals surface area contributed by atoms with Crippen LogP contribution in [0.25, 0.3) is 17.4 Å². The van der Waals surface area contributed by atoms with E-state index in [4.69, 9.17) is 31.1 Å². The van der Waals surface area contributed by atoms with Crippen molar-refractivity contribution >= 4 is 29.6 Å². The summed E-state index contributed by atoms with van der Waals surface area (Å²) < 4.78 is 10.3. The van der Waals surface area contributed by atoms with Gasteiger partial charge in [-0.05, 0) is 37.3 Å². The Kier molecular flexibility index (Phi) is 5.40. The zero-order valence-corrected chi connectivity index (χ0v) is 13.3. The van der Waals surface area contributed by atoms with E-state index in [1.54, 1.807) is 31.2 Å². The summed E-state index contributed by atoms with van der Waals surface area (Å²) in [5.41, 5.74) is 0.262. The maximum Gasteiger partial charge on any atom is 0.349 e. The molecule has 1 heterocycles. The third kappa shape index (κ3) is 3.83. The van der Waals surface area contributed by atoms with Gasteiger partial charge in [-0.2, -0.15) is 5.26 Å². The Labute approximate surface area is 142 Å². The molecule has 0 amide bonds. The Balaban J connectivity index is 2.34. The first-order valence-corrected chi connectivity index (χ1v) is 7.26. The average molecular weight is 346 g/mol. The van der Waals surface area contributed by atoms with E-state index in [1.807, 2.05) is 0 Å². The zero-order valence-electron chi connectivity index (χ0n) is 12.6. The molecule has 1 aromatic carbocycles. The van der Waals surface area contributed by atoms with Gasteiger partial charge in [-0.1, -0.05) is 11.6 Å². The Hall–Kier alpha value is -3.04. The van der Waals surface area contributed by atoms with E-state index in [1.165, 1.54) is 18.2 Å². The maximum atomic E-state index is 11.6. The van der Waals surface area contributed by atoms with Crippen LogP contribution >= 0.6 is 11.6 Å². The fraction of sp³-hybridized carbons (Fsp3) is 0.118. The molecule has 0 atom stereocenters. The average Bonchev–Trinajstić information content (AvgIpc) is 3.01. The molecular weight excluding hydrogens is 334 g/mol. The van der Waals surface area contributed by atoms with Gasteiger partial charge in [0.2, 0.25) is 0 Å². The third-order valence-electron chi connectivity index (χ3n) is 3.01. The number of carbonyl (C=O) groups is 2. The molecular formula is C17H12ClNO5. The molecule has 6 nitrogen and oxygen atoms in total. The van der Waals surface area contributed by atoms with Crippen LogP contribution in [0.2, 0.25) is 5.02 Å². The minimum atomic E-state index is -1.15. The summed E-state index contributed by atoms with van der Waals surface area (Å²) in [6, 6.07) is 9.35. The summed E-state index contributed by atoms with van der Waals surface area (Å²) in [7, 11) is 0. The molecule has 0 unspecified atom stereocenters. The molecule has 2 rings (SSSR count). The van der Waals surface area contributed by atoms with Crippen molar-refractivity contribution in [1.29, 1.82) is 5.26 Å². The fourth-order valence-corrected chi connectivity index (χ4v) is 2.11. The molecule has 0 saturated carbocycles. The first kappa shape index (κ1) is 17.3. The van der Waals surface area contributed by atoms with Gasteiger partial charge in [-0.25, -0.2) is 9.59 Å². The normalized spacial score (nSPS) is 11.0. The summed E-state index contributed by atoms with van der Waals surface area (Å²) in [6.07, 6.45) is 1.26. The summed E-state index contributed by atoms with van der Waals surface area (Å²) in [4.78, 5) is 22.7. The highest BCUT2D eigenvalue weighted by Gasteiger charge is 2.14. The second-order valence-corrected chi connectivity index (χ2v) is 5.00. The lowest BCUT2D eigenvalue weighted by molar-refractivity contribution is -0.137. The van der Waals surface area contributed by atoms with Gasteiger partial charge in [0.1, 0.15) is 23.2 Å². The number of nitriles is 1. The molecule has 0 fully saturated rings. The van der Waals surface area contributed by atoms with Crippen molar-refractivity contribution in [3.8, 4) is 17.4 Å². The highest BCUT2D eigenvalue weighted by atomic mass is 35.5. The molecule has 0 bridgehead atoms. The SMILES string of the molecule is CCOC(=O)C(C#N)=Cc1ccc(-c2ccc(Cl)c(C(=O)O)c2)o1. The van der Waals surface area contributed by atoms with Crippen LogP contribution in [0.15, 0.2) is 40.3 Å². The van der Waals surface area contributed by atoms with Gasteiger partial charge in [0.15, 0.2) is 0 Å². The molecule has 0 saturated heterocycles. The van der Waals surface area contributed by atoms with Gasteiger partial charge in [0.05, 0.1) is 17.2 Å². The highest BCUT2D eigenvalue weighted by Crippen LogP contribution is 2.27. The van der Waals surface area contributed by atoms with Crippen LogP contribution in [-0.4, -0.2) is 23.7 Å². The van der Waals surface area contributed by atoms with Crippen molar-refractivity contribution in [2.45, 2.75) is 6.92 Å². The van der Waals surface area contributed by atoms with Crippen LogP contribution in [0.3, 0.4) is 0 Å². The number of ether oxygens (including phenoxy) is 1. The predicted molar refractivity (Wildman–Crippen MR) is 86.3 cm³/mol. The number of esters is 1. The highest BCUT2D eigenvalue weighted by molar-refractivity contribution is 6.33. The lowest BCUT2D eigenvalue weighted by atomic mass is 10.1. The van der Waals surface area contributed by atoms with Gasteiger partial charge >= 0.3 is 11.9 Å². The van der Waals surface area contributed by atoms with Crippen molar-refractivity contribution in [3.63, 3.8) is 0 Å². The second-order valence-electron chi connectivity index (χ2n) is 4.59. The van der Waals surface area contributed by atoms with E-state index < -0.39 is 11.9 Å². The fourth-order valence-electron chi connectivity index (χ4n) is 1.92. The quantitative estimate of drug-likeness (QED) is 0.503. The lowest BCUT2D eigenvalue weighted by Gasteiger charge is -2.02. The molecule has 0 spiro atoms. The molecule has 2 aromatic rings. The summed E-state index contributed by atoms with van der Waals surface area (Å²) >= 11 is 5.83. The largest absolute Gasteiger partial charge is 0.478 e. The molecule has 0 aliphatic heterocycles. The lowest BCUT2D eigenvalue weighted by Crippen LogP contribution is -2.05. The van der Waals surface area contributed by atoms with E-state index in [0.717, 1.165) is 0 Å². The van der Waals surface area contributed by atoms with Gasteiger partial charge in [0, 0.05) is 11.6 Å². The molecule has 0 aliphatic rings. The van der Waals surface area contributed by atoms with Crippen LogP contribution < -0.4 is 0 Å². The number of halogens is 1. The Morgan fingerprint density at radius 1 is 1.38 bits per heavy atom. The number of furan rings is 1. The first-order chi connectivity index (χ1) is 11.5. The predicted octanol–water partition coefficient (Wildman–Crippen LogP) is 3.77. The van der Waals surface area contributed by atoms with Crippen molar-refractivity contribution in [2.24, 2.45) is 0 Å². The summed E-state index contributed by atoms with van der Waals surface area (Å²) in [5.74, 6) is -1.25. The number of carbonyl (C=O) groups excluding carboxylic acids is 1. The number of hydrogen-bond donors (Lipinski definition) is 1. The Morgan fingerprint density at radius 3 is 2.75 bits per heavy atom. The third-order valence-corrected chi connectivity index (χ3v) is 3.34. The van der Waals surface area contributed by atoms with E-state index in [0.29, 0.717) is 11.3 Å². The number of carboxylic acids is 1. The molecule has 0 radical (unpaired) electrons. The number of aromatic carboxylic acids is 1. The van der Waals surface area contributed by atoms with Crippen LogP contribution in [0.4, 0.5) is 0 Å². The molecule has 7 heteroatoms. The van der Waals surface area contributed by atoms with Crippen molar-refractivity contribution in [3.05, 3.63) is 52.3 Å². The standard InChI is InChI=1S/C17H12ClNO5/c1-2-23-17(22)11(9-19)7-12-4-6-15(24-12)10-3-5-14(18)13(8-10)16(20)21/h3-8H,2H2,1H3,(H,20,21). The summed E-state index contributed by atoms with van der Waals surface area (Å²) in [5, 5.41) is 18.2. The van der Waals surface area contributed by atoms with Crippen LogP contribution in [0.5, 0.6) is 0 Å². The van der Waals surface area contributed by atoms with Gasteiger partial charge < -0.3 is 14.3 Å². The number of rotatable bonds is 5. The molecule has 1 N–H and O–H groups in total. The zero-order chi connectivity index (χ0) is 17.7. The minimum Gasteiger partial charge on any atom is -0.478 e. The minimum absolute atomic E-state index is 0.0492. The van der Waals surface area contributed by atoms with Crippen LogP contribution in [-0.2, 0) is 9.53 Å². The number of hydrogen-bond acceptors (Lipinski definition) is 5. The Bertz CT molecular complexity index is 860. The van der Waals surface area contributed by atoms with Gasteiger partial charge in [-0.15, -0.1) is 0 Å². The summed E-state index contributed by atoms with van der Waals surface area (Å²) in [6.45, 7) is 1.79. The number of carboxylic acid groups (broad SMARTS) is 1. The first-order valence-electron chi connectivity index (χ1n) is 6.88. The Morgan fingerprint density at radius 2 is 2.12 bits per heavy atom.